The zero-order valence-electron chi connectivity index (χ0n) is 13.2. The average Bonchev–Trinajstić information content (AvgIpc) is 2.57. The smallest absolute Gasteiger partial charge is 0.279 e. The number of amides is 2. The third kappa shape index (κ3) is 5.62. The molecule has 132 valence electrons. The SMILES string of the molecule is CC(Oc1ccccc1F)C(=O)NNC(=O)Cc1ccc(Cl)cc1Cl. The lowest BCUT2D eigenvalue weighted by Gasteiger charge is -2.15. The molecule has 2 aromatic rings. The number of ether oxygens (including phenoxy) is 1. The number of carbonyl (C=O) groups excluding carboxylic acids is 2. The van der Waals surface area contributed by atoms with E-state index in [0.29, 0.717) is 15.6 Å². The number of halogens is 3. The molecule has 0 fully saturated rings. The van der Waals surface area contributed by atoms with Gasteiger partial charge in [0, 0.05) is 10.0 Å². The maximum absolute atomic E-state index is 13.5. The van der Waals surface area contributed by atoms with E-state index in [1.807, 2.05) is 0 Å². The molecule has 0 bridgehead atoms. The molecule has 0 aliphatic heterocycles. The van der Waals surface area contributed by atoms with Crippen LogP contribution in [0.25, 0.3) is 0 Å². The average molecular weight is 385 g/mol. The van der Waals surface area contributed by atoms with Crippen LogP contribution in [0.4, 0.5) is 4.39 Å². The van der Waals surface area contributed by atoms with Crippen LogP contribution in [-0.2, 0) is 16.0 Å². The molecule has 2 N–H and O–H groups in total. The first-order valence-corrected chi connectivity index (χ1v) is 8.06. The van der Waals surface area contributed by atoms with Crippen LogP contribution in [0.15, 0.2) is 42.5 Å². The van der Waals surface area contributed by atoms with E-state index in [1.165, 1.54) is 31.2 Å². The van der Waals surface area contributed by atoms with E-state index in [1.54, 1.807) is 18.2 Å². The lowest BCUT2D eigenvalue weighted by atomic mass is 10.1. The van der Waals surface area contributed by atoms with Crippen LogP contribution in [0.3, 0.4) is 0 Å². The van der Waals surface area contributed by atoms with Crippen molar-refractivity contribution in [2.45, 2.75) is 19.4 Å². The second-order valence-electron chi connectivity index (χ2n) is 5.14. The molecule has 5 nitrogen and oxygen atoms in total. The zero-order valence-corrected chi connectivity index (χ0v) is 14.7. The van der Waals surface area contributed by atoms with Crippen molar-refractivity contribution >= 4 is 35.0 Å². The Labute approximate surface area is 154 Å². The van der Waals surface area contributed by atoms with Crippen LogP contribution >= 0.6 is 23.2 Å². The van der Waals surface area contributed by atoms with Gasteiger partial charge in [-0.1, -0.05) is 41.4 Å². The van der Waals surface area contributed by atoms with E-state index < -0.39 is 23.7 Å². The van der Waals surface area contributed by atoms with Crippen LogP contribution in [0.2, 0.25) is 10.0 Å². The molecule has 0 aliphatic carbocycles. The molecule has 2 aromatic carbocycles. The highest BCUT2D eigenvalue weighted by atomic mass is 35.5. The number of benzene rings is 2. The largest absolute Gasteiger partial charge is 0.478 e. The fraction of sp³-hybridized carbons (Fsp3) is 0.176. The van der Waals surface area contributed by atoms with E-state index in [2.05, 4.69) is 10.9 Å². The van der Waals surface area contributed by atoms with Crippen molar-refractivity contribution in [3.8, 4) is 5.75 Å². The number of nitrogens with one attached hydrogen (secondary N) is 2. The van der Waals surface area contributed by atoms with Crippen molar-refractivity contribution in [3.63, 3.8) is 0 Å². The first-order chi connectivity index (χ1) is 11.9. The quantitative estimate of drug-likeness (QED) is 0.777. The van der Waals surface area contributed by atoms with Gasteiger partial charge in [-0.2, -0.15) is 0 Å². The van der Waals surface area contributed by atoms with Crippen molar-refractivity contribution < 1.29 is 18.7 Å². The summed E-state index contributed by atoms with van der Waals surface area (Å²) in [5.41, 5.74) is 5.03. The first kappa shape index (κ1) is 19.0. The van der Waals surface area contributed by atoms with E-state index in [9.17, 15) is 14.0 Å². The van der Waals surface area contributed by atoms with Gasteiger partial charge in [0.05, 0.1) is 6.42 Å². The summed E-state index contributed by atoms with van der Waals surface area (Å²) < 4.78 is 18.7. The first-order valence-electron chi connectivity index (χ1n) is 7.30. The molecular formula is C17H15Cl2FN2O3. The van der Waals surface area contributed by atoms with Crippen molar-refractivity contribution in [2.75, 3.05) is 0 Å². The summed E-state index contributed by atoms with van der Waals surface area (Å²) >= 11 is 11.8. The Bertz CT molecular complexity index is 786. The van der Waals surface area contributed by atoms with Crippen LogP contribution in [0.1, 0.15) is 12.5 Å². The topological polar surface area (TPSA) is 67.4 Å². The number of rotatable bonds is 5. The van der Waals surface area contributed by atoms with Gasteiger partial charge in [0.2, 0.25) is 5.91 Å². The van der Waals surface area contributed by atoms with Crippen LogP contribution in [-0.4, -0.2) is 17.9 Å². The van der Waals surface area contributed by atoms with Gasteiger partial charge in [-0.15, -0.1) is 0 Å². The minimum absolute atomic E-state index is 0.0428. The zero-order chi connectivity index (χ0) is 18.4. The summed E-state index contributed by atoms with van der Waals surface area (Å²) in [4.78, 5) is 23.8. The molecule has 0 aromatic heterocycles. The van der Waals surface area contributed by atoms with Gasteiger partial charge in [-0.05, 0) is 36.8 Å². The minimum Gasteiger partial charge on any atom is -0.478 e. The molecule has 2 rings (SSSR count). The maximum atomic E-state index is 13.5. The molecule has 0 heterocycles. The molecular weight excluding hydrogens is 370 g/mol. The highest BCUT2D eigenvalue weighted by Crippen LogP contribution is 2.21. The molecule has 0 saturated heterocycles. The van der Waals surface area contributed by atoms with Gasteiger partial charge >= 0.3 is 0 Å². The number of hydrazine groups is 1. The van der Waals surface area contributed by atoms with E-state index in [0.717, 1.165) is 0 Å². The Hall–Kier alpha value is -2.31. The second-order valence-corrected chi connectivity index (χ2v) is 5.98. The summed E-state index contributed by atoms with van der Waals surface area (Å²) in [7, 11) is 0. The number of para-hydroxylation sites is 1. The fourth-order valence-corrected chi connectivity index (χ4v) is 2.37. The van der Waals surface area contributed by atoms with Crippen molar-refractivity contribution in [3.05, 3.63) is 63.9 Å². The maximum Gasteiger partial charge on any atom is 0.279 e. The predicted octanol–water partition coefficient (Wildman–Crippen LogP) is 3.29. The molecule has 1 atom stereocenters. The monoisotopic (exact) mass is 384 g/mol. The van der Waals surface area contributed by atoms with Gasteiger partial charge in [0.15, 0.2) is 17.7 Å². The van der Waals surface area contributed by atoms with Gasteiger partial charge < -0.3 is 4.74 Å². The molecule has 0 saturated carbocycles. The molecule has 0 radical (unpaired) electrons. The highest BCUT2D eigenvalue weighted by molar-refractivity contribution is 6.35. The lowest BCUT2D eigenvalue weighted by Crippen LogP contribution is -2.47. The number of carbonyl (C=O) groups is 2. The van der Waals surface area contributed by atoms with Crippen LogP contribution < -0.4 is 15.6 Å². The van der Waals surface area contributed by atoms with Gasteiger partial charge in [0.25, 0.3) is 5.91 Å². The summed E-state index contributed by atoms with van der Waals surface area (Å²) in [6.45, 7) is 1.43. The highest BCUT2D eigenvalue weighted by Gasteiger charge is 2.17. The Morgan fingerprint density at radius 2 is 1.88 bits per heavy atom. The molecule has 0 aliphatic rings. The fourth-order valence-electron chi connectivity index (χ4n) is 1.90. The van der Waals surface area contributed by atoms with Gasteiger partial charge in [-0.25, -0.2) is 4.39 Å². The molecule has 8 heteroatoms. The minimum atomic E-state index is -1.00. The Morgan fingerprint density at radius 3 is 2.56 bits per heavy atom. The summed E-state index contributed by atoms with van der Waals surface area (Å²) in [5.74, 6) is -1.73. The van der Waals surface area contributed by atoms with Crippen molar-refractivity contribution in [1.29, 1.82) is 0 Å². The van der Waals surface area contributed by atoms with E-state index in [-0.39, 0.29) is 12.2 Å². The van der Waals surface area contributed by atoms with Gasteiger partial charge in [-0.3, -0.25) is 20.4 Å². The third-order valence-electron chi connectivity index (χ3n) is 3.20. The molecule has 2 amide bonds. The summed E-state index contributed by atoms with van der Waals surface area (Å²) in [6.07, 6.45) is -1.05. The van der Waals surface area contributed by atoms with Crippen LogP contribution in [0.5, 0.6) is 5.75 Å². The number of hydrogen-bond donors (Lipinski definition) is 2. The molecule has 0 spiro atoms. The van der Waals surface area contributed by atoms with Crippen LogP contribution in [0, 0.1) is 5.82 Å². The summed E-state index contributed by atoms with van der Waals surface area (Å²) in [5, 5.41) is 0.812. The third-order valence-corrected chi connectivity index (χ3v) is 3.79. The summed E-state index contributed by atoms with van der Waals surface area (Å²) in [6, 6.07) is 10.5. The normalized spacial score (nSPS) is 11.5. The van der Waals surface area contributed by atoms with E-state index in [4.69, 9.17) is 27.9 Å². The predicted molar refractivity (Wildman–Crippen MR) is 92.9 cm³/mol. The lowest BCUT2D eigenvalue weighted by molar-refractivity contribution is -0.132. The van der Waals surface area contributed by atoms with Crippen molar-refractivity contribution in [1.82, 2.24) is 10.9 Å². The van der Waals surface area contributed by atoms with Gasteiger partial charge in [0.1, 0.15) is 0 Å². The molecule has 1 unspecified atom stereocenters. The molecule has 25 heavy (non-hydrogen) atoms. The second kappa shape index (κ2) is 8.69. The Balaban J connectivity index is 1.84. The Morgan fingerprint density at radius 1 is 1.16 bits per heavy atom. The number of hydrogen-bond acceptors (Lipinski definition) is 3. The van der Waals surface area contributed by atoms with Crippen molar-refractivity contribution in [2.24, 2.45) is 0 Å². The Kier molecular flexibility index (Phi) is 6.61. The van der Waals surface area contributed by atoms with E-state index >= 15 is 0 Å². The standard InChI is InChI=1S/C17H15Cl2FN2O3/c1-10(25-15-5-3-2-4-14(15)20)17(24)22-21-16(23)8-11-6-7-12(18)9-13(11)19/h2-7,9-10H,8H2,1H3,(H,21,23)(H,22,24).